The fourth-order valence-corrected chi connectivity index (χ4v) is 3.30. The summed E-state index contributed by atoms with van der Waals surface area (Å²) in [7, 11) is 0. The Morgan fingerprint density at radius 2 is 2.08 bits per heavy atom. The molecule has 0 radical (unpaired) electrons. The Labute approximate surface area is 136 Å². The van der Waals surface area contributed by atoms with Crippen molar-refractivity contribution in [2.75, 3.05) is 0 Å². The highest BCUT2D eigenvalue weighted by molar-refractivity contribution is 5.76. The zero-order valence-corrected chi connectivity index (χ0v) is 12.8. The first-order valence-electron chi connectivity index (χ1n) is 7.75. The fraction of sp³-hybridized carbons (Fsp3) is 0.438. The molecule has 5 nitrogen and oxygen atoms in total. The molecule has 1 aliphatic rings. The Hall–Kier alpha value is -2.38. The molecule has 1 aromatic carbocycles. The summed E-state index contributed by atoms with van der Waals surface area (Å²) >= 11 is 0. The van der Waals surface area contributed by atoms with Crippen LogP contribution in [0.3, 0.4) is 0 Å². The Morgan fingerprint density at radius 1 is 1.29 bits per heavy atom. The smallest absolute Gasteiger partial charge is 0.351 e. The first-order chi connectivity index (χ1) is 11.4. The average Bonchev–Trinajstić information content (AvgIpc) is 3.18. The molecule has 1 amide bonds. The highest BCUT2D eigenvalue weighted by atomic mass is 19.4. The first-order valence-corrected chi connectivity index (χ1v) is 7.75. The van der Waals surface area contributed by atoms with E-state index in [-0.39, 0.29) is 30.0 Å². The van der Waals surface area contributed by atoms with Gasteiger partial charge in [-0.25, -0.2) is 4.68 Å². The van der Waals surface area contributed by atoms with Crippen LogP contribution >= 0.6 is 0 Å². The van der Waals surface area contributed by atoms with E-state index in [4.69, 9.17) is 0 Å². The molecule has 2 aromatic rings. The van der Waals surface area contributed by atoms with Gasteiger partial charge in [0.25, 0.3) is 0 Å². The maximum Gasteiger partial charge on any atom is 0.416 e. The second-order valence-electron chi connectivity index (χ2n) is 5.90. The summed E-state index contributed by atoms with van der Waals surface area (Å²) in [6.07, 6.45) is 0.705. The first kappa shape index (κ1) is 16.5. The van der Waals surface area contributed by atoms with Crippen molar-refractivity contribution < 1.29 is 18.0 Å². The maximum atomic E-state index is 13.2. The van der Waals surface area contributed by atoms with Crippen molar-refractivity contribution >= 4 is 5.91 Å². The molecule has 1 aliphatic carbocycles. The van der Waals surface area contributed by atoms with Crippen molar-refractivity contribution in [2.24, 2.45) is 0 Å². The largest absolute Gasteiger partial charge is 0.416 e. The van der Waals surface area contributed by atoms with E-state index < -0.39 is 11.7 Å². The van der Waals surface area contributed by atoms with Crippen molar-refractivity contribution in [3.05, 3.63) is 47.8 Å². The van der Waals surface area contributed by atoms with Gasteiger partial charge in [-0.1, -0.05) is 29.8 Å². The lowest BCUT2D eigenvalue weighted by atomic mass is 9.89. The standard InChI is InChI=1S/C16H17F3N4O/c17-16(18,19)13-6-2-1-4-11(13)12-5-3-7-14(12)21-15(24)10-23-9-8-20-22-23/h1-2,4,6,8-9,12,14H,3,5,7,10H2,(H,21,24). The highest BCUT2D eigenvalue weighted by Gasteiger charge is 2.38. The van der Waals surface area contributed by atoms with Crippen molar-refractivity contribution in [1.82, 2.24) is 20.3 Å². The molecule has 0 bridgehead atoms. The molecule has 1 aromatic heterocycles. The van der Waals surface area contributed by atoms with Gasteiger partial charge in [-0.2, -0.15) is 13.2 Å². The molecule has 24 heavy (non-hydrogen) atoms. The normalized spacial score (nSPS) is 21.0. The number of nitrogens with zero attached hydrogens (tertiary/aromatic N) is 3. The number of aromatic nitrogens is 3. The van der Waals surface area contributed by atoms with Gasteiger partial charge in [-0.05, 0) is 24.5 Å². The molecule has 1 N–H and O–H groups in total. The van der Waals surface area contributed by atoms with Crippen LogP contribution < -0.4 is 5.32 Å². The quantitative estimate of drug-likeness (QED) is 0.932. The number of nitrogens with one attached hydrogen (secondary N) is 1. The lowest BCUT2D eigenvalue weighted by Gasteiger charge is -2.24. The summed E-state index contributed by atoms with van der Waals surface area (Å²) < 4.78 is 41.1. The van der Waals surface area contributed by atoms with Gasteiger partial charge in [0.2, 0.25) is 5.91 Å². The highest BCUT2D eigenvalue weighted by Crippen LogP contribution is 2.41. The molecule has 0 aliphatic heterocycles. The van der Waals surface area contributed by atoms with Gasteiger partial charge >= 0.3 is 6.18 Å². The number of benzene rings is 1. The summed E-state index contributed by atoms with van der Waals surface area (Å²) in [5.41, 5.74) is -0.360. The number of hydrogen-bond acceptors (Lipinski definition) is 3. The van der Waals surface area contributed by atoms with E-state index >= 15 is 0 Å². The predicted molar refractivity (Wildman–Crippen MR) is 80.0 cm³/mol. The molecule has 2 unspecified atom stereocenters. The minimum atomic E-state index is -4.39. The van der Waals surface area contributed by atoms with Crippen molar-refractivity contribution in [3.63, 3.8) is 0 Å². The molecule has 1 saturated carbocycles. The van der Waals surface area contributed by atoms with Crippen LogP contribution in [0, 0.1) is 0 Å². The SMILES string of the molecule is O=C(Cn1ccnn1)NC1CCCC1c1ccccc1C(F)(F)F. The molecular formula is C16H17F3N4O. The van der Waals surface area contributed by atoms with Crippen molar-refractivity contribution in [1.29, 1.82) is 0 Å². The van der Waals surface area contributed by atoms with Gasteiger partial charge in [0.1, 0.15) is 6.54 Å². The molecule has 0 spiro atoms. The second kappa shape index (κ2) is 6.62. The number of rotatable bonds is 4. The monoisotopic (exact) mass is 338 g/mol. The van der Waals surface area contributed by atoms with Gasteiger partial charge in [0, 0.05) is 18.2 Å². The average molecular weight is 338 g/mol. The van der Waals surface area contributed by atoms with E-state index in [1.54, 1.807) is 12.3 Å². The van der Waals surface area contributed by atoms with Crippen LogP contribution in [0.5, 0.6) is 0 Å². The molecule has 128 valence electrons. The summed E-state index contributed by atoms with van der Waals surface area (Å²) in [6.45, 7) is 0.00410. The van der Waals surface area contributed by atoms with Crippen LogP contribution in [0.2, 0.25) is 0 Å². The van der Waals surface area contributed by atoms with E-state index in [0.717, 1.165) is 12.5 Å². The molecule has 3 rings (SSSR count). The van der Waals surface area contributed by atoms with Crippen LogP contribution in [0.4, 0.5) is 13.2 Å². The molecule has 1 fully saturated rings. The lowest BCUT2D eigenvalue weighted by Crippen LogP contribution is -2.39. The van der Waals surface area contributed by atoms with Gasteiger partial charge in [-0.3, -0.25) is 4.79 Å². The van der Waals surface area contributed by atoms with Crippen LogP contribution in [0.1, 0.15) is 36.3 Å². The summed E-state index contributed by atoms with van der Waals surface area (Å²) in [6, 6.07) is 5.30. The molecule has 1 heterocycles. The number of halogens is 3. The minimum absolute atomic E-state index is 0.00410. The molecule has 2 atom stereocenters. The van der Waals surface area contributed by atoms with E-state index in [9.17, 15) is 18.0 Å². The van der Waals surface area contributed by atoms with E-state index in [2.05, 4.69) is 15.6 Å². The van der Waals surface area contributed by atoms with Gasteiger partial charge in [0.05, 0.1) is 11.8 Å². The number of alkyl halides is 3. The van der Waals surface area contributed by atoms with Gasteiger partial charge in [0.15, 0.2) is 0 Å². The molecule has 8 heteroatoms. The zero-order chi connectivity index (χ0) is 17.2. The third kappa shape index (κ3) is 3.58. The Bertz CT molecular complexity index is 700. The van der Waals surface area contributed by atoms with E-state index in [1.165, 1.54) is 23.0 Å². The predicted octanol–water partition coefficient (Wildman–Crippen LogP) is 2.75. The Kier molecular flexibility index (Phi) is 4.55. The van der Waals surface area contributed by atoms with Gasteiger partial charge < -0.3 is 5.32 Å². The number of hydrogen-bond donors (Lipinski definition) is 1. The third-order valence-corrected chi connectivity index (χ3v) is 4.31. The minimum Gasteiger partial charge on any atom is -0.351 e. The molecular weight excluding hydrogens is 321 g/mol. The van der Waals surface area contributed by atoms with Crippen LogP contribution in [-0.2, 0) is 17.5 Å². The number of carbonyl (C=O) groups excluding carboxylic acids is 1. The van der Waals surface area contributed by atoms with Crippen molar-refractivity contribution in [2.45, 2.75) is 43.9 Å². The Balaban J connectivity index is 1.75. The summed E-state index contributed by atoms with van der Waals surface area (Å²) in [4.78, 5) is 12.1. The summed E-state index contributed by atoms with van der Waals surface area (Å²) in [5.74, 6) is -0.607. The fourth-order valence-electron chi connectivity index (χ4n) is 3.30. The maximum absolute atomic E-state index is 13.2. The van der Waals surface area contributed by atoms with E-state index in [0.29, 0.717) is 12.8 Å². The van der Waals surface area contributed by atoms with Crippen molar-refractivity contribution in [3.8, 4) is 0 Å². The zero-order valence-electron chi connectivity index (χ0n) is 12.8. The molecule has 0 saturated heterocycles. The number of carbonyl (C=O) groups is 1. The third-order valence-electron chi connectivity index (χ3n) is 4.31. The van der Waals surface area contributed by atoms with E-state index in [1.807, 2.05) is 0 Å². The number of amides is 1. The van der Waals surface area contributed by atoms with Crippen LogP contribution in [-0.4, -0.2) is 26.9 Å². The van der Waals surface area contributed by atoms with Crippen LogP contribution in [0.25, 0.3) is 0 Å². The lowest BCUT2D eigenvalue weighted by molar-refractivity contribution is -0.138. The Morgan fingerprint density at radius 3 is 2.79 bits per heavy atom. The van der Waals surface area contributed by atoms with Gasteiger partial charge in [-0.15, -0.1) is 5.10 Å². The topological polar surface area (TPSA) is 59.8 Å². The van der Waals surface area contributed by atoms with Crippen LogP contribution in [0.15, 0.2) is 36.7 Å². The summed E-state index contributed by atoms with van der Waals surface area (Å²) in [5, 5.41) is 10.2. The second-order valence-corrected chi connectivity index (χ2v) is 5.90.